The van der Waals surface area contributed by atoms with Gasteiger partial charge in [-0.05, 0) is 42.5 Å². The summed E-state index contributed by atoms with van der Waals surface area (Å²) in [5.74, 6) is 0.676. The van der Waals surface area contributed by atoms with Crippen molar-refractivity contribution in [2.75, 3.05) is 0 Å². The molecule has 0 fully saturated rings. The molecule has 0 spiro atoms. The number of hydrogen-bond acceptors (Lipinski definition) is 3. The lowest BCUT2D eigenvalue weighted by atomic mass is 10.0. The Hall–Kier alpha value is -6.00. The van der Waals surface area contributed by atoms with Crippen molar-refractivity contribution >= 4 is 43.7 Å². The normalized spacial score (nSPS) is 11.6. The monoisotopic (exact) mass is 563 g/mol. The zero-order chi connectivity index (χ0) is 29.0. The van der Waals surface area contributed by atoms with Gasteiger partial charge in [-0.15, -0.1) is 0 Å². The van der Waals surface area contributed by atoms with Crippen LogP contribution in [-0.2, 0) is 0 Å². The topological polar surface area (TPSA) is 43.9 Å². The van der Waals surface area contributed by atoms with Crippen molar-refractivity contribution in [2.24, 2.45) is 0 Å². The van der Waals surface area contributed by atoms with Gasteiger partial charge in [-0.25, -0.2) is 9.97 Å². The maximum atomic E-state index is 6.42. The highest BCUT2D eigenvalue weighted by molar-refractivity contribution is 6.11. The molecular weight excluding hydrogens is 538 g/mol. The molecular formula is C40H25N3O. The lowest BCUT2D eigenvalue weighted by Gasteiger charge is -2.11. The third-order valence-corrected chi connectivity index (χ3v) is 8.42. The summed E-state index contributed by atoms with van der Waals surface area (Å²) in [4.78, 5) is 10.2. The SMILES string of the molecule is c1ccc(-c2nc(-c3ccc4c5ccccc5n(-c5ccccc5)c4c3)cc(-c3cccc4c3oc3ccccc34)n2)cc1. The standard InChI is InChI=1S/C40H25N3O/c1-3-12-26(13-4-1)40-41-34(25-35(42-40)33-19-11-18-32-31-17-8-10-21-38(31)44-39(32)33)27-22-23-30-29-16-7-9-20-36(29)43(37(30)24-27)28-14-5-2-6-15-28/h1-25H. The van der Waals surface area contributed by atoms with E-state index < -0.39 is 0 Å². The third-order valence-electron chi connectivity index (χ3n) is 8.42. The largest absolute Gasteiger partial charge is 0.455 e. The molecule has 0 amide bonds. The number of furan rings is 1. The predicted octanol–water partition coefficient (Wildman–Crippen LogP) is 10.5. The lowest BCUT2D eigenvalue weighted by Crippen LogP contribution is -1.97. The van der Waals surface area contributed by atoms with Crippen LogP contribution in [0.15, 0.2) is 156 Å². The third kappa shape index (κ3) is 3.85. The molecule has 0 radical (unpaired) electrons. The Labute approximate surface area is 253 Å². The van der Waals surface area contributed by atoms with Crippen LogP contribution in [0, 0.1) is 0 Å². The van der Waals surface area contributed by atoms with E-state index in [4.69, 9.17) is 14.4 Å². The average molecular weight is 564 g/mol. The second kappa shape index (κ2) is 9.79. The van der Waals surface area contributed by atoms with Gasteiger partial charge in [0.1, 0.15) is 11.2 Å². The van der Waals surface area contributed by atoms with Crippen LogP contribution in [0.4, 0.5) is 0 Å². The molecule has 44 heavy (non-hydrogen) atoms. The fraction of sp³-hybridized carbons (Fsp3) is 0. The number of rotatable bonds is 4. The first-order chi connectivity index (χ1) is 21.8. The lowest BCUT2D eigenvalue weighted by molar-refractivity contribution is 0.670. The smallest absolute Gasteiger partial charge is 0.160 e. The number of hydrogen-bond donors (Lipinski definition) is 0. The quantitative estimate of drug-likeness (QED) is 0.214. The van der Waals surface area contributed by atoms with E-state index in [-0.39, 0.29) is 0 Å². The summed E-state index contributed by atoms with van der Waals surface area (Å²) < 4.78 is 8.76. The summed E-state index contributed by atoms with van der Waals surface area (Å²) in [5.41, 5.74) is 9.74. The van der Waals surface area contributed by atoms with Crippen LogP contribution in [0.3, 0.4) is 0 Å². The first-order valence-electron chi connectivity index (χ1n) is 14.8. The fourth-order valence-corrected chi connectivity index (χ4v) is 6.38. The molecule has 0 saturated heterocycles. The van der Waals surface area contributed by atoms with Gasteiger partial charge in [0, 0.05) is 43.9 Å². The van der Waals surface area contributed by atoms with Crippen LogP contribution in [-0.4, -0.2) is 14.5 Å². The second-order valence-electron chi connectivity index (χ2n) is 11.0. The van der Waals surface area contributed by atoms with Gasteiger partial charge in [0.2, 0.25) is 0 Å². The summed E-state index contributed by atoms with van der Waals surface area (Å²) in [6.07, 6.45) is 0. The predicted molar refractivity (Wildman–Crippen MR) is 180 cm³/mol. The average Bonchev–Trinajstić information content (AvgIpc) is 3.64. The van der Waals surface area contributed by atoms with E-state index in [9.17, 15) is 0 Å². The Morgan fingerprint density at radius 1 is 0.455 bits per heavy atom. The summed E-state index contributed by atoms with van der Waals surface area (Å²) in [5, 5.41) is 4.61. The first kappa shape index (κ1) is 24.6. The van der Waals surface area contributed by atoms with Crippen molar-refractivity contribution in [3.05, 3.63) is 152 Å². The van der Waals surface area contributed by atoms with Gasteiger partial charge < -0.3 is 8.98 Å². The van der Waals surface area contributed by atoms with Crippen molar-refractivity contribution in [3.8, 4) is 39.6 Å². The molecule has 3 aromatic heterocycles. The number of fused-ring (bicyclic) bond motifs is 6. The van der Waals surface area contributed by atoms with E-state index in [1.54, 1.807) is 0 Å². The van der Waals surface area contributed by atoms with Gasteiger partial charge >= 0.3 is 0 Å². The zero-order valence-corrected chi connectivity index (χ0v) is 23.7. The molecule has 0 unspecified atom stereocenters. The van der Waals surface area contributed by atoms with Crippen LogP contribution in [0.2, 0.25) is 0 Å². The first-order valence-corrected chi connectivity index (χ1v) is 14.8. The zero-order valence-electron chi connectivity index (χ0n) is 23.7. The van der Waals surface area contributed by atoms with Gasteiger partial charge in [0.05, 0.1) is 22.4 Å². The second-order valence-corrected chi connectivity index (χ2v) is 11.0. The molecule has 0 aliphatic heterocycles. The Balaban J connectivity index is 1.31. The Morgan fingerprint density at radius 2 is 1.14 bits per heavy atom. The highest BCUT2D eigenvalue weighted by atomic mass is 16.3. The molecule has 0 bridgehead atoms. The van der Waals surface area contributed by atoms with Crippen LogP contribution in [0.1, 0.15) is 0 Å². The van der Waals surface area contributed by atoms with E-state index >= 15 is 0 Å². The van der Waals surface area contributed by atoms with Crippen molar-refractivity contribution < 1.29 is 4.42 Å². The van der Waals surface area contributed by atoms with Gasteiger partial charge in [-0.2, -0.15) is 0 Å². The molecule has 9 aromatic rings. The van der Waals surface area contributed by atoms with E-state index in [2.05, 4.69) is 120 Å². The molecule has 3 heterocycles. The molecule has 206 valence electrons. The maximum Gasteiger partial charge on any atom is 0.160 e. The summed E-state index contributed by atoms with van der Waals surface area (Å²) in [6.45, 7) is 0. The van der Waals surface area contributed by atoms with Gasteiger partial charge in [-0.1, -0.05) is 109 Å². The minimum Gasteiger partial charge on any atom is -0.455 e. The van der Waals surface area contributed by atoms with E-state index in [0.29, 0.717) is 5.82 Å². The molecule has 0 saturated carbocycles. The molecule has 9 rings (SSSR count). The van der Waals surface area contributed by atoms with Crippen LogP contribution in [0.25, 0.3) is 83.3 Å². The van der Waals surface area contributed by atoms with E-state index in [0.717, 1.165) is 61.2 Å². The van der Waals surface area contributed by atoms with Crippen LogP contribution in [0.5, 0.6) is 0 Å². The summed E-state index contributed by atoms with van der Waals surface area (Å²) >= 11 is 0. The van der Waals surface area contributed by atoms with Gasteiger partial charge in [0.25, 0.3) is 0 Å². The van der Waals surface area contributed by atoms with Crippen molar-refractivity contribution in [3.63, 3.8) is 0 Å². The van der Waals surface area contributed by atoms with Crippen LogP contribution < -0.4 is 0 Å². The maximum absolute atomic E-state index is 6.42. The van der Waals surface area contributed by atoms with Crippen molar-refractivity contribution in [1.29, 1.82) is 0 Å². The van der Waals surface area contributed by atoms with Gasteiger partial charge in [0.15, 0.2) is 5.82 Å². The van der Waals surface area contributed by atoms with Crippen LogP contribution >= 0.6 is 0 Å². The number of nitrogens with zero attached hydrogens (tertiary/aromatic N) is 3. The summed E-state index contributed by atoms with van der Waals surface area (Å²) in [7, 11) is 0. The Morgan fingerprint density at radius 3 is 2.00 bits per heavy atom. The van der Waals surface area contributed by atoms with Crippen molar-refractivity contribution in [2.45, 2.75) is 0 Å². The number of para-hydroxylation sites is 4. The van der Waals surface area contributed by atoms with Crippen molar-refractivity contribution in [1.82, 2.24) is 14.5 Å². The fourth-order valence-electron chi connectivity index (χ4n) is 6.38. The number of benzene rings is 6. The van der Waals surface area contributed by atoms with E-state index in [1.165, 1.54) is 16.3 Å². The summed E-state index contributed by atoms with van der Waals surface area (Å²) in [6, 6.07) is 52.5. The Bertz CT molecular complexity index is 2490. The minimum atomic E-state index is 0.676. The van der Waals surface area contributed by atoms with Gasteiger partial charge in [-0.3, -0.25) is 0 Å². The molecule has 6 aromatic carbocycles. The minimum absolute atomic E-state index is 0.676. The number of aromatic nitrogens is 3. The highest BCUT2D eigenvalue weighted by Gasteiger charge is 2.18. The molecule has 0 N–H and O–H groups in total. The molecule has 0 atom stereocenters. The Kier molecular flexibility index (Phi) is 5.47. The molecule has 4 heteroatoms. The highest BCUT2D eigenvalue weighted by Crippen LogP contribution is 2.38. The molecule has 4 nitrogen and oxygen atoms in total. The molecule has 0 aliphatic rings. The molecule has 0 aliphatic carbocycles. The van der Waals surface area contributed by atoms with E-state index in [1.807, 2.05) is 36.4 Å².